The Balaban J connectivity index is 2.06. The number of rotatable bonds is 1. The van der Waals surface area contributed by atoms with E-state index in [2.05, 4.69) is 4.98 Å². The Morgan fingerprint density at radius 2 is 1.90 bits per heavy atom. The molecular formula is C18H12FNO. The van der Waals surface area contributed by atoms with Gasteiger partial charge in [0.1, 0.15) is 17.0 Å². The number of para-hydroxylation sites is 1. The van der Waals surface area contributed by atoms with Crippen molar-refractivity contribution in [2.75, 3.05) is 0 Å². The normalized spacial score (nSPS) is 11.3. The maximum absolute atomic E-state index is 13.4. The standard InChI is InChI=1S/C18H12FNO/c1-11-5-8-16(20-10-11)15-4-2-3-14-13-7-6-12(19)9-17(13)21-18(14)15/h2-10H,1H3. The quantitative estimate of drug-likeness (QED) is 0.484. The van der Waals surface area contributed by atoms with Crippen molar-refractivity contribution >= 4 is 21.9 Å². The molecule has 2 aromatic heterocycles. The van der Waals surface area contributed by atoms with Crippen LogP contribution >= 0.6 is 0 Å². The molecule has 102 valence electrons. The Kier molecular flexibility index (Phi) is 2.54. The average molecular weight is 277 g/mol. The molecule has 0 fully saturated rings. The lowest BCUT2D eigenvalue weighted by Gasteiger charge is -2.02. The summed E-state index contributed by atoms with van der Waals surface area (Å²) in [5.74, 6) is -0.295. The largest absolute Gasteiger partial charge is 0.455 e. The number of aryl methyl sites for hydroxylation is 1. The van der Waals surface area contributed by atoms with E-state index in [0.29, 0.717) is 5.58 Å². The van der Waals surface area contributed by atoms with Crippen molar-refractivity contribution in [3.8, 4) is 11.3 Å². The molecule has 0 aliphatic carbocycles. The van der Waals surface area contributed by atoms with Gasteiger partial charge < -0.3 is 4.42 Å². The van der Waals surface area contributed by atoms with E-state index in [1.54, 1.807) is 6.07 Å². The summed E-state index contributed by atoms with van der Waals surface area (Å²) in [4.78, 5) is 4.45. The summed E-state index contributed by atoms with van der Waals surface area (Å²) in [7, 11) is 0. The summed E-state index contributed by atoms with van der Waals surface area (Å²) in [5, 5.41) is 1.89. The molecule has 21 heavy (non-hydrogen) atoms. The number of hydrogen-bond acceptors (Lipinski definition) is 2. The predicted molar refractivity (Wildman–Crippen MR) is 81.6 cm³/mol. The van der Waals surface area contributed by atoms with E-state index in [9.17, 15) is 4.39 Å². The topological polar surface area (TPSA) is 26.0 Å². The van der Waals surface area contributed by atoms with E-state index < -0.39 is 0 Å². The van der Waals surface area contributed by atoms with Gasteiger partial charge in [-0.2, -0.15) is 0 Å². The molecule has 0 bridgehead atoms. The molecule has 2 nitrogen and oxygen atoms in total. The number of pyridine rings is 1. The Labute approximate surface area is 120 Å². The van der Waals surface area contributed by atoms with Gasteiger partial charge in [0.2, 0.25) is 0 Å². The van der Waals surface area contributed by atoms with Crippen LogP contribution < -0.4 is 0 Å². The van der Waals surface area contributed by atoms with Gasteiger partial charge in [0.15, 0.2) is 0 Å². The Morgan fingerprint density at radius 3 is 2.71 bits per heavy atom. The lowest BCUT2D eigenvalue weighted by Crippen LogP contribution is -1.84. The van der Waals surface area contributed by atoms with Gasteiger partial charge in [-0.05, 0) is 36.8 Å². The number of hydrogen-bond donors (Lipinski definition) is 0. The molecule has 4 rings (SSSR count). The SMILES string of the molecule is Cc1ccc(-c2cccc3c2oc2cc(F)ccc23)nc1. The smallest absolute Gasteiger partial charge is 0.144 e. The van der Waals surface area contributed by atoms with Gasteiger partial charge in [0.05, 0.1) is 5.69 Å². The molecule has 2 heterocycles. The summed E-state index contributed by atoms with van der Waals surface area (Å²) in [6.45, 7) is 2.00. The van der Waals surface area contributed by atoms with Crippen molar-refractivity contribution in [2.24, 2.45) is 0 Å². The molecule has 0 amide bonds. The Hall–Kier alpha value is -2.68. The van der Waals surface area contributed by atoms with Gasteiger partial charge in [-0.3, -0.25) is 4.98 Å². The number of furan rings is 1. The molecule has 0 unspecified atom stereocenters. The van der Waals surface area contributed by atoms with Crippen LogP contribution in [0.2, 0.25) is 0 Å². The van der Waals surface area contributed by atoms with Crippen LogP contribution in [0.5, 0.6) is 0 Å². The van der Waals surface area contributed by atoms with Crippen molar-refractivity contribution in [1.29, 1.82) is 0 Å². The number of halogens is 1. The Bertz CT molecular complexity index is 954. The predicted octanol–water partition coefficient (Wildman–Crippen LogP) is 5.10. The molecule has 3 heteroatoms. The van der Waals surface area contributed by atoms with Crippen molar-refractivity contribution in [3.05, 3.63) is 66.1 Å². The minimum atomic E-state index is -0.295. The highest BCUT2D eigenvalue weighted by molar-refractivity contribution is 6.09. The first kappa shape index (κ1) is 12.1. The number of nitrogens with zero attached hydrogens (tertiary/aromatic N) is 1. The molecule has 0 radical (unpaired) electrons. The minimum absolute atomic E-state index is 0.295. The van der Waals surface area contributed by atoms with E-state index in [0.717, 1.165) is 33.2 Å². The van der Waals surface area contributed by atoms with Gasteiger partial charge in [0.25, 0.3) is 0 Å². The van der Waals surface area contributed by atoms with E-state index in [-0.39, 0.29) is 5.82 Å². The molecular weight excluding hydrogens is 265 g/mol. The second-order valence-electron chi connectivity index (χ2n) is 5.15. The lowest BCUT2D eigenvalue weighted by molar-refractivity contribution is 0.618. The van der Waals surface area contributed by atoms with Crippen LogP contribution in [0.4, 0.5) is 4.39 Å². The number of benzene rings is 2. The second-order valence-corrected chi connectivity index (χ2v) is 5.15. The maximum atomic E-state index is 13.4. The van der Waals surface area contributed by atoms with Crippen molar-refractivity contribution in [1.82, 2.24) is 4.98 Å². The number of fused-ring (bicyclic) bond motifs is 3. The Morgan fingerprint density at radius 1 is 1.00 bits per heavy atom. The third-order valence-corrected chi connectivity index (χ3v) is 3.65. The molecule has 0 atom stereocenters. The second kappa shape index (κ2) is 4.42. The third-order valence-electron chi connectivity index (χ3n) is 3.65. The maximum Gasteiger partial charge on any atom is 0.144 e. The third kappa shape index (κ3) is 1.89. The van der Waals surface area contributed by atoms with Gasteiger partial charge in [-0.25, -0.2) is 4.39 Å². The first-order chi connectivity index (χ1) is 10.2. The molecule has 2 aromatic carbocycles. The van der Waals surface area contributed by atoms with Gasteiger partial charge >= 0.3 is 0 Å². The summed E-state index contributed by atoms with van der Waals surface area (Å²) in [5.41, 5.74) is 4.19. The van der Waals surface area contributed by atoms with E-state index >= 15 is 0 Å². The molecule has 0 saturated heterocycles. The summed E-state index contributed by atoms with van der Waals surface area (Å²) in [6.07, 6.45) is 1.83. The molecule has 0 saturated carbocycles. The van der Waals surface area contributed by atoms with Crippen LogP contribution in [0.15, 0.2) is 59.1 Å². The first-order valence-electron chi connectivity index (χ1n) is 6.76. The van der Waals surface area contributed by atoms with Gasteiger partial charge in [0, 0.05) is 28.6 Å². The molecule has 0 N–H and O–H groups in total. The van der Waals surface area contributed by atoms with E-state index in [1.165, 1.54) is 12.1 Å². The fraction of sp³-hybridized carbons (Fsp3) is 0.0556. The first-order valence-corrected chi connectivity index (χ1v) is 6.76. The zero-order valence-electron chi connectivity index (χ0n) is 11.4. The highest BCUT2D eigenvalue weighted by Crippen LogP contribution is 2.35. The summed E-state index contributed by atoms with van der Waals surface area (Å²) < 4.78 is 19.2. The monoisotopic (exact) mass is 277 g/mol. The van der Waals surface area contributed by atoms with Crippen molar-refractivity contribution in [3.63, 3.8) is 0 Å². The molecule has 0 spiro atoms. The van der Waals surface area contributed by atoms with Crippen LogP contribution in [-0.4, -0.2) is 4.98 Å². The van der Waals surface area contributed by atoms with Gasteiger partial charge in [-0.1, -0.05) is 18.2 Å². The van der Waals surface area contributed by atoms with Crippen LogP contribution in [0.3, 0.4) is 0 Å². The zero-order valence-corrected chi connectivity index (χ0v) is 11.4. The van der Waals surface area contributed by atoms with Crippen LogP contribution in [-0.2, 0) is 0 Å². The molecule has 4 aromatic rings. The van der Waals surface area contributed by atoms with Crippen LogP contribution in [0.25, 0.3) is 33.2 Å². The van der Waals surface area contributed by atoms with Crippen LogP contribution in [0.1, 0.15) is 5.56 Å². The van der Waals surface area contributed by atoms with E-state index in [1.807, 2.05) is 43.5 Å². The molecule has 0 aliphatic rings. The van der Waals surface area contributed by atoms with Gasteiger partial charge in [-0.15, -0.1) is 0 Å². The fourth-order valence-corrected chi connectivity index (χ4v) is 2.60. The summed E-state index contributed by atoms with van der Waals surface area (Å²) >= 11 is 0. The highest BCUT2D eigenvalue weighted by Gasteiger charge is 2.12. The van der Waals surface area contributed by atoms with Crippen molar-refractivity contribution < 1.29 is 8.81 Å². The zero-order chi connectivity index (χ0) is 14.4. The number of aromatic nitrogens is 1. The molecule has 0 aliphatic heterocycles. The van der Waals surface area contributed by atoms with Crippen molar-refractivity contribution in [2.45, 2.75) is 6.92 Å². The lowest BCUT2D eigenvalue weighted by atomic mass is 10.1. The fourth-order valence-electron chi connectivity index (χ4n) is 2.60. The van der Waals surface area contributed by atoms with Crippen LogP contribution in [0, 0.1) is 12.7 Å². The minimum Gasteiger partial charge on any atom is -0.455 e. The van der Waals surface area contributed by atoms with E-state index in [4.69, 9.17) is 4.42 Å². The average Bonchev–Trinajstić information content (AvgIpc) is 2.85. The highest BCUT2D eigenvalue weighted by atomic mass is 19.1. The summed E-state index contributed by atoms with van der Waals surface area (Å²) in [6, 6.07) is 14.5.